The molecule has 2 atom stereocenters. The van der Waals surface area contributed by atoms with E-state index in [2.05, 4.69) is 21.8 Å². The number of hydrogen-bond acceptors (Lipinski definition) is 5. The Labute approximate surface area is 233 Å². The largest absolute Gasteiger partial charge is 0.304 e. The van der Waals surface area contributed by atoms with Crippen molar-refractivity contribution in [2.75, 3.05) is 39.8 Å². The maximum atomic E-state index is 13.7. The van der Waals surface area contributed by atoms with Crippen molar-refractivity contribution in [2.45, 2.75) is 12.5 Å². The van der Waals surface area contributed by atoms with E-state index in [-0.39, 0.29) is 23.8 Å². The molecular formula is C31H30ClN5O2. The standard InChI is InChI=1S/C31H30ClN5O2/c1-35-14-16-36(17-15-35)20-28(38)37-27(21-8-4-2-5-9-21)19-26(34-37)30-29(22-10-6-3-7-11-22)24-18-23(32)12-13-25(24)33-31(30)39/h2-13,18,24,27H,14-17,19-20H2,1H3. The Morgan fingerprint density at radius 1 is 0.974 bits per heavy atom. The van der Waals surface area contributed by atoms with Crippen molar-refractivity contribution in [2.24, 2.45) is 16.0 Å². The number of hydrazone groups is 1. The molecule has 3 heterocycles. The zero-order valence-corrected chi connectivity index (χ0v) is 22.6. The van der Waals surface area contributed by atoms with E-state index in [9.17, 15) is 9.59 Å². The van der Waals surface area contributed by atoms with Crippen molar-refractivity contribution in [3.05, 3.63) is 101 Å². The number of benzene rings is 2. The normalized spacial score (nSPS) is 23.9. The fraction of sp³-hybridized carbons (Fsp3) is 0.290. The minimum absolute atomic E-state index is 0.0683. The first kappa shape index (κ1) is 25.6. The van der Waals surface area contributed by atoms with E-state index in [1.54, 1.807) is 17.2 Å². The molecule has 0 radical (unpaired) electrons. The quantitative estimate of drug-likeness (QED) is 0.568. The molecule has 0 N–H and O–H groups in total. The van der Waals surface area contributed by atoms with E-state index < -0.39 is 0 Å². The molecule has 2 aromatic rings. The summed E-state index contributed by atoms with van der Waals surface area (Å²) < 4.78 is 0. The molecule has 198 valence electrons. The average Bonchev–Trinajstić information content (AvgIpc) is 3.40. The van der Waals surface area contributed by atoms with Crippen LogP contribution in [0.1, 0.15) is 23.6 Å². The van der Waals surface area contributed by atoms with Crippen molar-refractivity contribution in [3.8, 4) is 0 Å². The summed E-state index contributed by atoms with van der Waals surface area (Å²) in [6.07, 6.45) is 5.92. The summed E-state index contributed by atoms with van der Waals surface area (Å²) in [6.45, 7) is 3.82. The third-order valence-electron chi connectivity index (χ3n) is 7.76. The van der Waals surface area contributed by atoms with Gasteiger partial charge in [-0.1, -0.05) is 78.3 Å². The summed E-state index contributed by atoms with van der Waals surface area (Å²) in [7, 11) is 2.10. The number of allylic oxidation sites excluding steroid dienone is 5. The van der Waals surface area contributed by atoms with Crippen molar-refractivity contribution in [3.63, 3.8) is 0 Å². The molecule has 0 bridgehead atoms. The van der Waals surface area contributed by atoms with E-state index in [4.69, 9.17) is 16.7 Å². The maximum Gasteiger partial charge on any atom is 0.279 e. The summed E-state index contributed by atoms with van der Waals surface area (Å²) in [5, 5.41) is 7.07. The Morgan fingerprint density at radius 3 is 2.38 bits per heavy atom. The van der Waals surface area contributed by atoms with Gasteiger partial charge in [-0.2, -0.15) is 5.10 Å². The number of halogens is 1. The van der Waals surface area contributed by atoms with E-state index in [0.717, 1.165) is 42.9 Å². The predicted octanol–water partition coefficient (Wildman–Crippen LogP) is 4.31. The minimum Gasteiger partial charge on any atom is -0.304 e. The van der Waals surface area contributed by atoms with Gasteiger partial charge in [0, 0.05) is 43.6 Å². The molecule has 1 saturated heterocycles. The molecule has 8 heteroatoms. The third kappa shape index (κ3) is 5.17. The number of fused-ring (bicyclic) bond motifs is 1. The number of nitrogens with zero attached hydrogens (tertiary/aromatic N) is 5. The molecular weight excluding hydrogens is 510 g/mol. The lowest BCUT2D eigenvalue weighted by Crippen LogP contribution is -2.48. The fourth-order valence-electron chi connectivity index (χ4n) is 5.67. The Kier molecular flexibility index (Phi) is 7.12. The molecule has 2 unspecified atom stereocenters. The minimum atomic E-state index is -0.338. The summed E-state index contributed by atoms with van der Waals surface area (Å²) in [5.41, 5.74) is 4.43. The lowest BCUT2D eigenvalue weighted by molar-refractivity contribution is -0.134. The Bertz CT molecular complexity index is 1440. The number of dihydropyridines is 1. The maximum absolute atomic E-state index is 13.7. The van der Waals surface area contributed by atoms with E-state index in [0.29, 0.717) is 35.0 Å². The highest BCUT2D eigenvalue weighted by molar-refractivity contribution is 6.36. The van der Waals surface area contributed by atoms with Crippen LogP contribution in [0.25, 0.3) is 5.57 Å². The van der Waals surface area contributed by atoms with Crippen LogP contribution in [0, 0.1) is 5.92 Å². The van der Waals surface area contributed by atoms with Crippen molar-refractivity contribution < 1.29 is 9.59 Å². The van der Waals surface area contributed by atoms with Crippen LogP contribution in [0.15, 0.2) is 99.6 Å². The molecule has 6 rings (SSSR count). The Hall–Kier alpha value is -3.65. The summed E-state index contributed by atoms with van der Waals surface area (Å²) >= 11 is 6.42. The van der Waals surface area contributed by atoms with Gasteiger partial charge >= 0.3 is 0 Å². The van der Waals surface area contributed by atoms with E-state index >= 15 is 0 Å². The number of hydrogen-bond donors (Lipinski definition) is 0. The molecule has 0 saturated carbocycles. The first-order valence-electron chi connectivity index (χ1n) is 13.3. The van der Waals surface area contributed by atoms with Crippen molar-refractivity contribution in [1.29, 1.82) is 0 Å². The van der Waals surface area contributed by atoms with Gasteiger partial charge in [-0.15, -0.1) is 0 Å². The Balaban J connectivity index is 1.42. The number of amides is 2. The topological polar surface area (TPSA) is 68.6 Å². The molecule has 1 aliphatic carbocycles. The number of likely N-dealkylation sites (N-methyl/N-ethyl adjacent to an activating group) is 1. The highest BCUT2D eigenvalue weighted by Gasteiger charge is 2.40. The molecule has 3 aliphatic heterocycles. The van der Waals surface area contributed by atoms with Gasteiger partial charge < -0.3 is 4.90 Å². The first-order chi connectivity index (χ1) is 19.0. The number of carbonyl (C=O) groups is 2. The molecule has 39 heavy (non-hydrogen) atoms. The van der Waals surface area contributed by atoms with Gasteiger partial charge in [0.25, 0.3) is 11.8 Å². The summed E-state index contributed by atoms with van der Waals surface area (Å²) in [5.74, 6) is -0.679. The SMILES string of the molecule is CN1CCN(CC(=O)N2N=C(C3=C(c4ccccc4)C4C=C(Cl)C=CC4=NC3=O)CC2c2ccccc2)CC1. The third-order valence-corrected chi connectivity index (χ3v) is 8.01. The second-order valence-electron chi connectivity index (χ2n) is 10.4. The highest BCUT2D eigenvalue weighted by Crippen LogP contribution is 2.41. The molecule has 4 aliphatic rings. The molecule has 1 fully saturated rings. The first-order valence-corrected chi connectivity index (χ1v) is 13.7. The van der Waals surface area contributed by atoms with Gasteiger partial charge in [0.05, 0.1) is 29.6 Å². The van der Waals surface area contributed by atoms with Gasteiger partial charge in [0.15, 0.2) is 0 Å². The second kappa shape index (κ2) is 10.8. The number of piperazine rings is 1. The van der Waals surface area contributed by atoms with Crippen LogP contribution in [-0.2, 0) is 9.59 Å². The summed E-state index contributed by atoms with van der Waals surface area (Å²) in [4.78, 5) is 36.2. The molecule has 7 nitrogen and oxygen atoms in total. The van der Waals surface area contributed by atoms with Crippen LogP contribution < -0.4 is 0 Å². The number of carbonyl (C=O) groups excluding carboxylic acids is 2. The number of rotatable bonds is 5. The van der Waals surface area contributed by atoms with Crippen LogP contribution in [0.3, 0.4) is 0 Å². The molecule has 2 aromatic carbocycles. The van der Waals surface area contributed by atoms with E-state index in [1.165, 1.54) is 0 Å². The van der Waals surface area contributed by atoms with Gasteiger partial charge in [0.2, 0.25) is 0 Å². The second-order valence-corrected chi connectivity index (χ2v) is 10.8. The highest BCUT2D eigenvalue weighted by atomic mass is 35.5. The lowest BCUT2D eigenvalue weighted by atomic mass is 9.79. The van der Waals surface area contributed by atoms with Gasteiger partial charge in [-0.05, 0) is 35.9 Å². The van der Waals surface area contributed by atoms with Crippen LogP contribution in [0.2, 0.25) is 0 Å². The lowest BCUT2D eigenvalue weighted by Gasteiger charge is -2.33. The van der Waals surface area contributed by atoms with Crippen LogP contribution >= 0.6 is 11.6 Å². The zero-order chi connectivity index (χ0) is 26.9. The van der Waals surface area contributed by atoms with Crippen molar-refractivity contribution >= 4 is 40.4 Å². The summed E-state index contributed by atoms with van der Waals surface area (Å²) in [6, 6.07) is 19.5. The van der Waals surface area contributed by atoms with Crippen LogP contribution in [0.4, 0.5) is 0 Å². The molecule has 2 amide bonds. The monoisotopic (exact) mass is 539 g/mol. The van der Waals surface area contributed by atoms with E-state index in [1.807, 2.05) is 66.7 Å². The molecule has 0 aromatic heterocycles. The average molecular weight is 540 g/mol. The number of aliphatic imine (C=N–C) groups is 1. The van der Waals surface area contributed by atoms with Gasteiger partial charge in [0.1, 0.15) is 0 Å². The van der Waals surface area contributed by atoms with Crippen LogP contribution in [-0.4, -0.2) is 77.8 Å². The zero-order valence-electron chi connectivity index (χ0n) is 21.8. The molecule has 0 spiro atoms. The van der Waals surface area contributed by atoms with Gasteiger partial charge in [-0.3, -0.25) is 14.5 Å². The van der Waals surface area contributed by atoms with Crippen LogP contribution in [0.5, 0.6) is 0 Å². The fourth-order valence-corrected chi connectivity index (χ4v) is 5.86. The van der Waals surface area contributed by atoms with Gasteiger partial charge in [-0.25, -0.2) is 10.0 Å². The van der Waals surface area contributed by atoms with Crippen molar-refractivity contribution in [1.82, 2.24) is 14.8 Å². The predicted molar refractivity (Wildman–Crippen MR) is 154 cm³/mol. The Morgan fingerprint density at radius 2 is 1.67 bits per heavy atom. The smallest absolute Gasteiger partial charge is 0.279 e.